The normalized spacial score (nSPS) is 15.2. The molecule has 2 aromatic rings. The maximum atomic E-state index is 11.7. The minimum Gasteiger partial charge on any atom is -0.450 e. The van der Waals surface area contributed by atoms with Crippen LogP contribution in [0.25, 0.3) is 11.0 Å². The first kappa shape index (κ1) is 14.8. The highest BCUT2D eigenvalue weighted by Crippen LogP contribution is 2.25. The third kappa shape index (κ3) is 2.92. The summed E-state index contributed by atoms with van der Waals surface area (Å²) in [6, 6.07) is 7.63. The maximum Gasteiger partial charge on any atom is 0.409 e. The van der Waals surface area contributed by atoms with Gasteiger partial charge in [0, 0.05) is 26.2 Å². The van der Waals surface area contributed by atoms with Gasteiger partial charge in [0.15, 0.2) is 11.0 Å². The fraction of sp³-hybridized carbons (Fsp3) is 0.400. The SMILES string of the molecule is CCOC(=O)N1CCN(c2nc3ccccc3nc2Cl)CC1. The molecule has 116 valence electrons. The lowest BCUT2D eigenvalue weighted by Crippen LogP contribution is -2.49. The number of halogens is 1. The molecule has 0 unspecified atom stereocenters. The summed E-state index contributed by atoms with van der Waals surface area (Å²) in [6.45, 7) is 4.68. The molecular formula is C15H17ClN4O2. The summed E-state index contributed by atoms with van der Waals surface area (Å²) in [5.41, 5.74) is 1.59. The van der Waals surface area contributed by atoms with Gasteiger partial charge in [-0.2, -0.15) is 0 Å². The van der Waals surface area contributed by atoms with E-state index in [4.69, 9.17) is 16.3 Å². The largest absolute Gasteiger partial charge is 0.450 e. The number of benzene rings is 1. The van der Waals surface area contributed by atoms with E-state index < -0.39 is 0 Å². The van der Waals surface area contributed by atoms with Crippen molar-refractivity contribution >= 4 is 34.5 Å². The van der Waals surface area contributed by atoms with Crippen LogP contribution in [0.1, 0.15) is 6.92 Å². The van der Waals surface area contributed by atoms with Crippen molar-refractivity contribution in [2.24, 2.45) is 0 Å². The van der Waals surface area contributed by atoms with Gasteiger partial charge < -0.3 is 14.5 Å². The van der Waals surface area contributed by atoms with Crippen molar-refractivity contribution in [2.75, 3.05) is 37.7 Å². The summed E-state index contributed by atoms with van der Waals surface area (Å²) in [6.07, 6.45) is -0.266. The number of amides is 1. The quantitative estimate of drug-likeness (QED) is 0.851. The standard InChI is InChI=1S/C15H17ClN4O2/c1-2-22-15(21)20-9-7-19(8-10-20)14-13(16)17-11-5-3-4-6-12(11)18-14/h3-6H,2,7-10H2,1H3. The van der Waals surface area contributed by atoms with E-state index in [9.17, 15) is 4.79 Å². The van der Waals surface area contributed by atoms with Crippen molar-refractivity contribution in [3.8, 4) is 0 Å². The number of fused-ring (bicyclic) bond motifs is 1. The Labute approximate surface area is 133 Å². The molecular weight excluding hydrogens is 304 g/mol. The second-order valence-electron chi connectivity index (χ2n) is 5.00. The van der Waals surface area contributed by atoms with Gasteiger partial charge in [-0.3, -0.25) is 0 Å². The molecule has 1 aromatic heterocycles. The number of piperazine rings is 1. The van der Waals surface area contributed by atoms with Crippen LogP contribution in [-0.4, -0.2) is 53.7 Å². The highest BCUT2D eigenvalue weighted by Gasteiger charge is 2.24. The fourth-order valence-electron chi connectivity index (χ4n) is 2.49. The number of aromatic nitrogens is 2. The molecule has 0 radical (unpaired) electrons. The molecule has 0 saturated carbocycles. The zero-order chi connectivity index (χ0) is 15.5. The Hall–Kier alpha value is -2.08. The van der Waals surface area contributed by atoms with Crippen LogP contribution in [-0.2, 0) is 4.74 Å². The lowest BCUT2D eigenvalue weighted by atomic mass is 10.3. The van der Waals surface area contributed by atoms with Crippen molar-refractivity contribution in [3.63, 3.8) is 0 Å². The summed E-state index contributed by atoms with van der Waals surface area (Å²) in [4.78, 5) is 24.5. The molecule has 3 rings (SSSR count). The lowest BCUT2D eigenvalue weighted by molar-refractivity contribution is 0.105. The first-order valence-corrected chi connectivity index (χ1v) is 7.65. The summed E-state index contributed by atoms with van der Waals surface area (Å²) in [5.74, 6) is 0.670. The number of para-hydroxylation sites is 2. The van der Waals surface area contributed by atoms with Gasteiger partial charge in [0.2, 0.25) is 0 Å². The average molecular weight is 321 g/mol. The van der Waals surface area contributed by atoms with Gasteiger partial charge >= 0.3 is 6.09 Å². The number of hydrogen-bond donors (Lipinski definition) is 0. The molecule has 1 fully saturated rings. The predicted octanol–water partition coefficient (Wildman–Crippen LogP) is 2.56. The van der Waals surface area contributed by atoms with E-state index in [1.54, 1.807) is 11.8 Å². The first-order valence-electron chi connectivity index (χ1n) is 7.28. The van der Waals surface area contributed by atoms with Gasteiger partial charge in [-0.05, 0) is 19.1 Å². The second-order valence-corrected chi connectivity index (χ2v) is 5.36. The van der Waals surface area contributed by atoms with Crippen molar-refractivity contribution in [1.82, 2.24) is 14.9 Å². The van der Waals surface area contributed by atoms with Crippen LogP contribution in [0.2, 0.25) is 5.15 Å². The Kier molecular flexibility index (Phi) is 4.29. The first-order chi connectivity index (χ1) is 10.7. The topological polar surface area (TPSA) is 58.6 Å². The molecule has 2 heterocycles. The zero-order valence-electron chi connectivity index (χ0n) is 12.3. The molecule has 1 aliphatic rings. The van der Waals surface area contributed by atoms with E-state index in [0.717, 1.165) is 11.0 Å². The zero-order valence-corrected chi connectivity index (χ0v) is 13.1. The maximum absolute atomic E-state index is 11.7. The molecule has 0 spiro atoms. The molecule has 0 N–H and O–H groups in total. The Morgan fingerprint density at radius 3 is 2.45 bits per heavy atom. The highest BCUT2D eigenvalue weighted by atomic mass is 35.5. The average Bonchev–Trinajstić information content (AvgIpc) is 2.54. The van der Waals surface area contributed by atoms with E-state index >= 15 is 0 Å². The van der Waals surface area contributed by atoms with Crippen LogP contribution < -0.4 is 4.90 Å². The highest BCUT2D eigenvalue weighted by molar-refractivity contribution is 6.32. The number of ether oxygens (including phenoxy) is 1. The van der Waals surface area contributed by atoms with Crippen molar-refractivity contribution in [1.29, 1.82) is 0 Å². The van der Waals surface area contributed by atoms with Crippen LogP contribution in [0, 0.1) is 0 Å². The molecule has 1 aliphatic heterocycles. The van der Waals surface area contributed by atoms with Crippen LogP contribution in [0.3, 0.4) is 0 Å². The third-order valence-corrected chi connectivity index (χ3v) is 3.87. The van der Waals surface area contributed by atoms with Gasteiger partial charge in [0.25, 0.3) is 0 Å². The van der Waals surface area contributed by atoms with E-state index in [0.29, 0.717) is 43.8 Å². The Morgan fingerprint density at radius 1 is 1.18 bits per heavy atom. The summed E-state index contributed by atoms with van der Waals surface area (Å²) >= 11 is 6.26. The number of carbonyl (C=O) groups is 1. The Balaban J connectivity index is 1.76. The minimum atomic E-state index is -0.266. The molecule has 1 aromatic carbocycles. The number of hydrogen-bond acceptors (Lipinski definition) is 5. The summed E-state index contributed by atoms with van der Waals surface area (Å²) in [7, 11) is 0. The van der Waals surface area contributed by atoms with Crippen molar-refractivity contribution < 1.29 is 9.53 Å². The van der Waals surface area contributed by atoms with Crippen molar-refractivity contribution in [3.05, 3.63) is 29.4 Å². The van der Waals surface area contributed by atoms with Crippen LogP contribution in [0.4, 0.5) is 10.6 Å². The number of carbonyl (C=O) groups excluding carboxylic acids is 1. The van der Waals surface area contributed by atoms with Gasteiger partial charge in [-0.25, -0.2) is 14.8 Å². The molecule has 1 saturated heterocycles. The smallest absolute Gasteiger partial charge is 0.409 e. The van der Waals surface area contributed by atoms with E-state index in [1.807, 2.05) is 24.3 Å². The monoisotopic (exact) mass is 320 g/mol. The Morgan fingerprint density at radius 2 is 1.82 bits per heavy atom. The van der Waals surface area contributed by atoms with Crippen LogP contribution >= 0.6 is 11.6 Å². The van der Waals surface area contributed by atoms with Crippen LogP contribution in [0.15, 0.2) is 24.3 Å². The Bertz CT molecular complexity index is 686. The van der Waals surface area contributed by atoms with E-state index in [-0.39, 0.29) is 6.09 Å². The molecule has 1 amide bonds. The molecule has 0 atom stereocenters. The minimum absolute atomic E-state index is 0.266. The summed E-state index contributed by atoms with van der Waals surface area (Å²) < 4.78 is 5.02. The molecule has 0 bridgehead atoms. The van der Waals surface area contributed by atoms with Crippen molar-refractivity contribution in [2.45, 2.75) is 6.92 Å². The van der Waals surface area contributed by atoms with Gasteiger partial charge in [0.1, 0.15) is 0 Å². The van der Waals surface area contributed by atoms with E-state index in [1.165, 1.54) is 0 Å². The lowest BCUT2D eigenvalue weighted by Gasteiger charge is -2.34. The van der Waals surface area contributed by atoms with Gasteiger partial charge in [-0.1, -0.05) is 23.7 Å². The van der Waals surface area contributed by atoms with Crippen LogP contribution in [0.5, 0.6) is 0 Å². The fourth-order valence-corrected chi connectivity index (χ4v) is 2.74. The van der Waals surface area contributed by atoms with Gasteiger partial charge in [0.05, 0.1) is 17.6 Å². The number of nitrogens with zero attached hydrogens (tertiary/aromatic N) is 4. The molecule has 0 aliphatic carbocycles. The summed E-state index contributed by atoms with van der Waals surface area (Å²) in [5, 5.41) is 0.392. The second kappa shape index (κ2) is 6.36. The third-order valence-electron chi connectivity index (χ3n) is 3.62. The predicted molar refractivity (Wildman–Crippen MR) is 85.4 cm³/mol. The number of rotatable bonds is 2. The van der Waals surface area contributed by atoms with Gasteiger partial charge in [-0.15, -0.1) is 0 Å². The molecule has 7 heteroatoms. The molecule has 22 heavy (non-hydrogen) atoms. The molecule has 6 nitrogen and oxygen atoms in total. The van der Waals surface area contributed by atoms with E-state index in [2.05, 4.69) is 14.9 Å². The number of anilines is 1.